The number of benzene rings is 1. The number of rotatable bonds is 1. The van der Waals surface area contributed by atoms with Crippen molar-refractivity contribution in [2.75, 3.05) is 0 Å². The fourth-order valence-electron chi connectivity index (χ4n) is 4.01. The van der Waals surface area contributed by atoms with E-state index in [1.165, 1.54) is 12.0 Å². The third-order valence-electron chi connectivity index (χ3n) is 4.90. The van der Waals surface area contributed by atoms with Gasteiger partial charge in [0.05, 0.1) is 11.1 Å². The van der Waals surface area contributed by atoms with E-state index in [0.29, 0.717) is 5.57 Å². The number of carbonyl (C=O) groups excluding carboxylic acids is 1. The van der Waals surface area contributed by atoms with Gasteiger partial charge in [-0.15, -0.1) is 0 Å². The molecule has 0 unspecified atom stereocenters. The van der Waals surface area contributed by atoms with Crippen molar-refractivity contribution in [3.05, 3.63) is 40.1 Å². The number of hydrogen-bond donors (Lipinski definition) is 2. The molecule has 1 amide bonds. The molecule has 112 valence electrons. The number of aliphatic hydroxyl groups excluding tert-OH is 1. The minimum atomic E-state index is -0.506. The Bertz CT molecular complexity index is 614. The van der Waals surface area contributed by atoms with Gasteiger partial charge in [0, 0.05) is 0 Å². The van der Waals surface area contributed by atoms with Crippen LogP contribution in [0, 0.1) is 20.8 Å². The molecule has 3 rings (SSSR count). The zero-order valence-electron chi connectivity index (χ0n) is 13.0. The van der Waals surface area contributed by atoms with Crippen LogP contribution in [0.15, 0.2) is 17.9 Å². The Labute approximate surface area is 126 Å². The molecule has 1 aliphatic heterocycles. The molecule has 3 heteroatoms. The van der Waals surface area contributed by atoms with Crippen LogP contribution in [0.25, 0.3) is 5.57 Å². The fourth-order valence-corrected chi connectivity index (χ4v) is 4.01. The second-order valence-electron chi connectivity index (χ2n) is 6.59. The Kier molecular flexibility index (Phi) is 3.31. The van der Waals surface area contributed by atoms with Crippen LogP contribution >= 0.6 is 0 Å². The summed E-state index contributed by atoms with van der Waals surface area (Å²) in [5.41, 5.74) is 4.17. The molecule has 1 heterocycles. The SMILES string of the molecule is Cc1cc(C)c(C2=C(O)C3(CCCCC3)NC2=O)c(C)c1. The maximum atomic E-state index is 12.5. The highest BCUT2D eigenvalue weighted by Crippen LogP contribution is 2.42. The molecule has 1 fully saturated rings. The molecule has 1 aromatic carbocycles. The molecule has 2 aliphatic rings. The van der Waals surface area contributed by atoms with E-state index in [2.05, 4.69) is 24.4 Å². The summed E-state index contributed by atoms with van der Waals surface area (Å²) in [6.45, 7) is 6.07. The van der Waals surface area contributed by atoms with Crippen LogP contribution in [-0.4, -0.2) is 16.6 Å². The van der Waals surface area contributed by atoms with E-state index in [4.69, 9.17) is 0 Å². The van der Waals surface area contributed by atoms with E-state index < -0.39 is 5.54 Å². The largest absolute Gasteiger partial charge is 0.509 e. The summed E-state index contributed by atoms with van der Waals surface area (Å²) in [5.74, 6) is 0.145. The quantitative estimate of drug-likeness (QED) is 0.826. The normalized spacial score (nSPS) is 21.0. The highest BCUT2D eigenvalue weighted by Gasteiger charge is 2.46. The van der Waals surface area contributed by atoms with Gasteiger partial charge in [0.1, 0.15) is 5.76 Å². The van der Waals surface area contributed by atoms with Crippen molar-refractivity contribution in [1.29, 1.82) is 0 Å². The van der Waals surface area contributed by atoms with Crippen LogP contribution in [0.3, 0.4) is 0 Å². The number of carbonyl (C=O) groups is 1. The second kappa shape index (κ2) is 4.90. The van der Waals surface area contributed by atoms with Gasteiger partial charge < -0.3 is 10.4 Å². The molecule has 0 aromatic heterocycles. The smallest absolute Gasteiger partial charge is 0.256 e. The van der Waals surface area contributed by atoms with Gasteiger partial charge in [-0.25, -0.2) is 0 Å². The topological polar surface area (TPSA) is 49.3 Å². The molecule has 21 heavy (non-hydrogen) atoms. The Morgan fingerprint density at radius 2 is 1.62 bits per heavy atom. The number of aliphatic hydroxyl groups is 1. The lowest BCUT2D eigenvalue weighted by Crippen LogP contribution is -2.46. The fraction of sp³-hybridized carbons (Fsp3) is 0.500. The molecule has 1 spiro atoms. The van der Waals surface area contributed by atoms with Crippen LogP contribution in [0.2, 0.25) is 0 Å². The van der Waals surface area contributed by atoms with Crippen LogP contribution in [0.1, 0.15) is 54.4 Å². The molecular weight excluding hydrogens is 262 g/mol. The first-order valence-electron chi connectivity index (χ1n) is 7.79. The number of hydrogen-bond acceptors (Lipinski definition) is 2. The third kappa shape index (κ3) is 2.15. The van der Waals surface area contributed by atoms with E-state index >= 15 is 0 Å². The molecule has 0 bridgehead atoms. The average molecular weight is 285 g/mol. The summed E-state index contributed by atoms with van der Waals surface area (Å²) in [7, 11) is 0. The molecular formula is C18H23NO2. The van der Waals surface area contributed by atoms with Gasteiger partial charge in [0.25, 0.3) is 5.91 Å². The lowest BCUT2D eigenvalue weighted by Gasteiger charge is -2.33. The summed E-state index contributed by atoms with van der Waals surface area (Å²) in [6, 6.07) is 4.14. The molecule has 0 saturated heterocycles. The summed E-state index contributed by atoms with van der Waals surface area (Å²) in [4.78, 5) is 12.5. The van der Waals surface area contributed by atoms with E-state index in [1.54, 1.807) is 0 Å². The summed E-state index contributed by atoms with van der Waals surface area (Å²) in [5, 5.41) is 13.9. The van der Waals surface area contributed by atoms with Gasteiger partial charge >= 0.3 is 0 Å². The van der Waals surface area contributed by atoms with Crippen molar-refractivity contribution >= 4 is 11.5 Å². The van der Waals surface area contributed by atoms with Crippen LogP contribution < -0.4 is 5.32 Å². The maximum absolute atomic E-state index is 12.5. The number of aryl methyl sites for hydroxylation is 3. The predicted octanol–water partition coefficient (Wildman–Crippen LogP) is 3.71. The van der Waals surface area contributed by atoms with Crippen molar-refractivity contribution in [1.82, 2.24) is 5.32 Å². The van der Waals surface area contributed by atoms with Crippen LogP contribution in [-0.2, 0) is 4.79 Å². The van der Waals surface area contributed by atoms with E-state index in [0.717, 1.165) is 42.4 Å². The predicted molar refractivity (Wildman–Crippen MR) is 84.2 cm³/mol. The monoisotopic (exact) mass is 285 g/mol. The third-order valence-corrected chi connectivity index (χ3v) is 4.90. The molecule has 0 radical (unpaired) electrons. The summed E-state index contributed by atoms with van der Waals surface area (Å²) < 4.78 is 0. The molecule has 2 N–H and O–H groups in total. The number of amides is 1. The van der Waals surface area contributed by atoms with Gasteiger partial charge in [-0.3, -0.25) is 4.79 Å². The van der Waals surface area contributed by atoms with Gasteiger partial charge in [-0.2, -0.15) is 0 Å². The van der Waals surface area contributed by atoms with Crippen LogP contribution in [0.4, 0.5) is 0 Å². The summed E-state index contributed by atoms with van der Waals surface area (Å²) >= 11 is 0. The zero-order chi connectivity index (χ0) is 15.2. The highest BCUT2D eigenvalue weighted by molar-refractivity contribution is 6.23. The molecule has 0 atom stereocenters. The Morgan fingerprint density at radius 1 is 1.05 bits per heavy atom. The molecule has 3 nitrogen and oxygen atoms in total. The van der Waals surface area contributed by atoms with Gasteiger partial charge in [0.2, 0.25) is 0 Å². The Hall–Kier alpha value is -1.77. The van der Waals surface area contributed by atoms with Crippen molar-refractivity contribution < 1.29 is 9.90 Å². The van der Waals surface area contributed by atoms with E-state index in [9.17, 15) is 9.90 Å². The molecule has 1 aromatic rings. The Balaban J connectivity index is 2.15. The maximum Gasteiger partial charge on any atom is 0.256 e. The van der Waals surface area contributed by atoms with Crippen molar-refractivity contribution in [3.63, 3.8) is 0 Å². The number of nitrogens with one attached hydrogen (secondary N) is 1. The zero-order valence-corrected chi connectivity index (χ0v) is 13.0. The van der Waals surface area contributed by atoms with E-state index in [-0.39, 0.29) is 11.7 Å². The summed E-state index contributed by atoms with van der Waals surface area (Å²) in [6.07, 6.45) is 4.99. The second-order valence-corrected chi connectivity index (χ2v) is 6.59. The standard InChI is InChI=1S/C18H23NO2/c1-11-9-12(2)14(13(3)10-11)15-16(20)18(19-17(15)21)7-5-4-6-8-18/h9-10,20H,4-8H2,1-3H3,(H,19,21). The average Bonchev–Trinajstić information content (AvgIpc) is 2.63. The van der Waals surface area contributed by atoms with Crippen LogP contribution in [0.5, 0.6) is 0 Å². The van der Waals surface area contributed by atoms with E-state index in [1.807, 2.05) is 13.8 Å². The molecule has 1 saturated carbocycles. The van der Waals surface area contributed by atoms with Gasteiger partial charge in [-0.1, -0.05) is 37.0 Å². The molecule has 1 aliphatic carbocycles. The highest BCUT2D eigenvalue weighted by atomic mass is 16.3. The first-order chi connectivity index (χ1) is 9.94. The van der Waals surface area contributed by atoms with Crippen molar-refractivity contribution in [2.24, 2.45) is 0 Å². The lowest BCUT2D eigenvalue weighted by molar-refractivity contribution is -0.116. The first-order valence-corrected chi connectivity index (χ1v) is 7.79. The minimum absolute atomic E-state index is 0.121. The lowest BCUT2D eigenvalue weighted by atomic mass is 9.80. The van der Waals surface area contributed by atoms with Crippen molar-refractivity contribution in [2.45, 2.75) is 58.4 Å². The minimum Gasteiger partial charge on any atom is -0.509 e. The van der Waals surface area contributed by atoms with Gasteiger partial charge in [0.15, 0.2) is 0 Å². The van der Waals surface area contributed by atoms with Gasteiger partial charge in [-0.05, 0) is 50.3 Å². The van der Waals surface area contributed by atoms with Crippen molar-refractivity contribution in [3.8, 4) is 0 Å². The first kappa shape index (κ1) is 14.2. The Morgan fingerprint density at radius 3 is 2.19 bits per heavy atom.